The molecule has 0 aliphatic rings. The van der Waals surface area contributed by atoms with Crippen LogP contribution in [0.3, 0.4) is 0 Å². The molecule has 6 nitrogen and oxygen atoms in total. The van der Waals surface area contributed by atoms with Gasteiger partial charge in [-0.2, -0.15) is 0 Å². The van der Waals surface area contributed by atoms with E-state index in [0.717, 1.165) is 11.3 Å². The molecule has 1 rings (SSSR count). The van der Waals surface area contributed by atoms with Crippen LogP contribution in [0.1, 0.15) is 66.9 Å². The molecular formula is C29H51NO5Si. The number of carbonyl (C=O) groups excluding carboxylic acids is 1. The van der Waals surface area contributed by atoms with Gasteiger partial charge in [0.25, 0.3) is 5.91 Å². The van der Waals surface area contributed by atoms with Crippen molar-refractivity contribution in [3.8, 4) is 5.75 Å². The van der Waals surface area contributed by atoms with Crippen molar-refractivity contribution in [2.75, 3.05) is 27.8 Å². The third kappa shape index (κ3) is 8.72. The number of likely N-dealkylation sites (N-methyl/N-ethyl adjacent to an activating group) is 1. The fourth-order valence-corrected chi connectivity index (χ4v) is 10.8. The van der Waals surface area contributed by atoms with E-state index in [1.807, 2.05) is 37.3 Å². The summed E-state index contributed by atoms with van der Waals surface area (Å²) >= 11 is 0. The summed E-state index contributed by atoms with van der Waals surface area (Å²) in [6.45, 7) is 20.4. The van der Waals surface area contributed by atoms with Crippen LogP contribution < -0.4 is 4.74 Å². The number of nitrogens with zero attached hydrogens (tertiary/aromatic N) is 1. The van der Waals surface area contributed by atoms with Crippen molar-refractivity contribution >= 4 is 14.2 Å². The van der Waals surface area contributed by atoms with Gasteiger partial charge >= 0.3 is 0 Å². The van der Waals surface area contributed by atoms with Gasteiger partial charge in [0.05, 0.1) is 26.4 Å². The van der Waals surface area contributed by atoms with E-state index in [1.165, 1.54) is 0 Å². The number of ether oxygens (including phenoxy) is 3. The zero-order valence-corrected chi connectivity index (χ0v) is 25.4. The van der Waals surface area contributed by atoms with E-state index in [1.54, 1.807) is 26.1 Å². The van der Waals surface area contributed by atoms with Crippen LogP contribution in [0.2, 0.25) is 16.6 Å². The Morgan fingerprint density at radius 1 is 1.00 bits per heavy atom. The van der Waals surface area contributed by atoms with Gasteiger partial charge < -0.3 is 23.5 Å². The van der Waals surface area contributed by atoms with Gasteiger partial charge in [-0.1, -0.05) is 66.7 Å². The number of carbonyl (C=O) groups is 1. The summed E-state index contributed by atoms with van der Waals surface area (Å²) in [6.07, 6.45) is 1.88. The number of hydrogen-bond acceptors (Lipinski definition) is 5. The molecule has 0 saturated heterocycles. The molecule has 0 bridgehead atoms. The quantitative estimate of drug-likeness (QED) is 0.171. The Morgan fingerprint density at radius 2 is 1.56 bits per heavy atom. The highest BCUT2D eigenvalue weighted by atomic mass is 28.4. The van der Waals surface area contributed by atoms with E-state index in [4.69, 9.17) is 18.6 Å². The minimum absolute atomic E-state index is 0.0462. The third-order valence-electron chi connectivity index (χ3n) is 7.01. The summed E-state index contributed by atoms with van der Waals surface area (Å²) in [5, 5.41) is 0. The van der Waals surface area contributed by atoms with E-state index in [0.29, 0.717) is 42.7 Å². The Bertz CT molecular complexity index is 757. The molecule has 0 saturated carbocycles. The Kier molecular flexibility index (Phi) is 14.0. The van der Waals surface area contributed by atoms with Gasteiger partial charge in [-0.15, -0.1) is 6.58 Å². The van der Waals surface area contributed by atoms with Crippen LogP contribution in [-0.4, -0.2) is 65.2 Å². The highest BCUT2D eigenvalue weighted by Gasteiger charge is 2.48. The van der Waals surface area contributed by atoms with Gasteiger partial charge in [0.1, 0.15) is 18.0 Å². The van der Waals surface area contributed by atoms with E-state index in [-0.39, 0.29) is 12.0 Å². The molecule has 0 aliphatic carbocycles. The second-order valence-electron chi connectivity index (χ2n) is 10.7. The summed E-state index contributed by atoms with van der Waals surface area (Å²) in [7, 11) is 2.97. The third-order valence-corrected chi connectivity index (χ3v) is 13.1. The largest absolute Gasteiger partial charge is 0.497 e. The van der Waals surface area contributed by atoms with Crippen LogP contribution in [0.15, 0.2) is 36.9 Å². The van der Waals surface area contributed by atoms with Gasteiger partial charge in [-0.25, -0.2) is 0 Å². The first kappa shape index (κ1) is 32.4. The lowest BCUT2D eigenvalue weighted by atomic mass is 10.1. The Morgan fingerprint density at radius 3 is 1.97 bits per heavy atom. The maximum Gasteiger partial charge on any atom is 0.251 e. The predicted molar refractivity (Wildman–Crippen MR) is 151 cm³/mol. The average Bonchev–Trinajstić information content (AvgIpc) is 2.83. The van der Waals surface area contributed by atoms with E-state index in [2.05, 4.69) is 48.1 Å². The lowest BCUT2D eigenvalue weighted by Gasteiger charge is -2.46. The standard InChI is InChI=1S/C29H51NO5Si/c1-12-14-27(35-36(21(3)4,22(5)6)23(7)8)28(34-26(13-2)29(31)30(9)10)20-33-19-24-15-17-25(32-11)18-16-24/h12,15-18,21-23,26-28H,1,13-14,19-20H2,2-11H3/t26-,27-,28-/m0/s1. The molecule has 1 aromatic carbocycles. The summed E-state index contributed by atoms with van der Waals surface area (Å²) in [5.74, 6) is 0.764. The lowest BCUT2D eigenvalue weighted by molar-refractivity contribution is -0.155. The smallest absolute Gasteiger partial charge is 0.251 e. The zero-order chi connectivity index (χ0) is 27.5. The number of amides is 1. The van der Waals surface area contributed by atoms with Crippen LogP contribution in [0, 0.1) is 0 Å². The molecular weight excluding hydrogens is 470 g/mol. The van der Waals surface area contributed by atoms with E-state index in [9.17, 15) is 4.79 Å². The van der Waals surface area contributed by atoms with Crippen LogP contribution in [0.4, 0.5) is 0 Å². The van der Waals surface area contributed by atoms with Gasteiger partial charge in [-0.3, -0.25) is 4.79 Å². The van der Waals surface area contributed by atoms with Crippen molar-refractivity contribution in [1.82, 2.24) is 4.90 Å². The van der Waals surface area contributed by atoms with Gasteiger partial charge in [0, 0.05) is 14.1 Å². The topological polar surface area (TPSA) is 57.2 Å². The van der Waals surface area contributed by atoms with E-state index < -0.39 is 20.5 Å². The lowest BCUT2D eigenvalue weighted by Crippen LogP contribution is -2.54. The molecule has 0 fully saturated rings. The SMILES string of the molecule is C=CC[C@H](O[Si](C(C)C)(C(C)C)C(C)C)[C@H](COCc1ccc(OC)cc1)O[C@@H](CC)C(=O)N(C)C. The fourth-order valence-electron chi connectivity index (χ4n) is 5.19. The van der Waals surface area contributed by atoms with Crippen molar-refractivity contribution in [2.45, 2.75) is 103 Å². The van der Waals surface area contributed by atoms with Gasteiger partial charge in [0.15, 0.2) is 0 Å². The van der Waals surface area contributed by atoms with Crippen LogP contribution in [0.25, 0.3) is 0 Å². The zero-order valence-electron chi connectivity index (χ0n) is 24.4. The molecule has 3 atom stereocenters. The van der Waals surface area contributed by atoms with Crippen molar-refractivity contribution in [2.24, 2.45) is 0 Å². The van der Waals surface area contributed by atoms with E-state index >= 15 is 0 Å². The van der Waals surface area contributed by atoms with Crippen molar-refractivity contribution < 1.29 is 23.4 Å². The Hall–Kier alpha value is -1.67. The second kappa shape index (κ2) is 15.5. The normalized spacial score (nSPS) is 14.7. The highest BCUT2D eigenvalue weighted by Crippen LogP contribution is 2.44. The summed E-state index contributed by atoms with van der Waals surface area (Å²) in [5.41, 5.74) is 2.32. The minimum atomic E-state index is -2.21. The number of benzene rings is 1. The Balaban J connectivity index is 3.26. The van der Waals surface area contributed by atoms with Crippen LogP contribution in [-0.2, 0) is 25.3 Å². The first-order valence-electron chi connectivity index (χ1n) is 13.3. The minimum Gasteiger partial charge on any atom is -0.497 e. The van der Waals surface area contributed by atoms with Gasteiger partial charge in [0.2, 0.25) is 8.32 Å². The van der Waals surface area contributed by atoms with Crippen LogP contribution >= 0.6 is 0 Å². The van der Waals surface area contributed by atoms with Gasteiger partial charge in [-0.05, 0) is 47.2 Å². The molecule has 206 valence electrons. The molecule has 0 aromatic heterocycles. The molecule has 1 aromatic rings. The monoisotopic (exact) mass is 521 g/mol. The molecule has 0 aliphatic heterocycles. The molecule has 0 spiro atoms. The van der Waals surface area contributed by atoms with Crippen molar-refractivity contribution in [1.29, 1.82) is 0 Å². The molecule has 0 unspecified atom stereocenters. The van der Waals surface area contributed by atoms with Crippen molar-refractivity contribution in [3.63, 3.8) is 0 Å². The Labute approximate surface area is 221 Å². The summed E-state index contributed by atoms with van der Waals surface area (Å²) in [4.78, 5) is 14.4. The first-order chi connectivity index (χ1) is 16.9. The molecule has 0 radical (unpaired) electrons. The maximum atomic E-state index is 12.9. The van der Waals surface area contributed by atoms with Crippen LogP contribution in [0.5, 0.6) is 5.75 Å². The summed E-state index contributed by atoms with van der Waals surface area (Å²) < 4.78 is 25.1. The average molecular weight is 522 g/mol. The number of methoxy groups -OCH3 is 1. The molecule has 7 heteroatoms. The first-order valence-corrected chi connectivity index (χ1v) is 15.4. The maximum absolute atomic E-state index is 12.9. The summed E-state index contributed by atoms with van der Waals surface area (Å²) in [6, 6.07) is 7.83. The molecule has 0 N–H and O–H groups in total. The number of rotatable bonds is 17. The predicted octanol–water partition coefficient (Wildman–Crippen LogP) is 6.60. The molecule has 36 heavy (non-hydrogen) atoms. The second-order valence-corrected chi connectivity index (χ2v) is 16.1. The highest BCUT2D eigenvalue weighted by molar-refractivity contribution is 6.77. The fraction of sp³-hybridized carbons (Fsp3) is 0.690. The molecule has 0 heterocycles. The van der Waals surface area contributed by atoms with Crippen molar-refractivity contribution in [3.05, 3.63) is 42.5 Å². The molecule has 1 amide bonds. The number of hydrogen-bond donors (Lipinski definition) is 0.